The van der Waals surface area contributed by atoms with E-state index in [2.05, 4.69) is 5.10 Å². The Balaban J connectivity index is 0.00000112. The molecule has 0 bridgehead atoms. The zero-order chi connectivity index (χ0) is 10.3. The minimum absolute atomic E-state index is 0. The molecule has 1 N–H and O–H groups in total. The molecule has 84 valence electrons. The van der Waals surface area contributed by atoms with E-state index in [1.807, 2.05) is 0 Å². The number of hydrogen-bond acceptors (Lipinski definition) is 3. The standard InChI is InChI=1S/C8H6F3N2O.K.H2O/c9-8(10,11)7-5(4-14)3-13(12-7)6-1-2-6;;/h3,6H,1-2H2;;1H2/q-1;+1;/p-1. The van der Waals surface area contributed by atoms with Crippen molar-refractivity contribution in [2.75, 3.05) is 0 Å². The van der Waals surface area contributed by atoms with Gasteiger partial charge in [-0.1, -0.05) is 6.20 Å². The molecule has 1 aromatic heterocycles. The largest absolute Gasteiger partial charge is 1.00 e. The minimum atomic E-state index is -4.58. The van der Waals surface area contributed by atoms with Crippen LogP contribution in [0.1, 0.15) is 30.1 Å². The first kappa shape index (κ1) is 16.3. The topological polar surface area (TPSA) is 64.9 Å². The van der Waals surface area contributed by atoms with E-state index in [1.165, 1.54) is 11.0 Å². The summed E-state index contributed by atoms with van der Waals surface area (Å²) in [7, 11) is 0. The Kier molecular flexibility index (Phi) is 5.84. The Morgan fingerprint density at radius 1 is 1.44 bits per heavy atom. The second-order valence-electron chi connectivity index (χ2n) is 3.20. The Hall–Kier alpha value is 0.266. The number of alkyl halides is 3. The van der Waals surface area contributed by atoms with Crippen molar-refractivity contribution < 1.29 is 74.8 Å². The molecule has 0 atom stereocenters. The van der Waals surface area contributed by atoms with Gasteiger partial charge in [-0.2, -0.15) is 13.2 Å². The van der Waals surface area contributed by atoms with Gasteiger partial charge in [0, 0.05) is 6.04 Å². The van der Waals surface area contributed by atoms with E-state index >= 15 is 0 Å². The summed E-state index contributed by atoms with van der Waals surface area (Å²) >= 11 is 0. The van der Waals surface area contributed by atoms with E-state index in [0.29, 0.717) is 0 Å². The molecule has 0 amide bonds. The van der Waals surface area contributed by atoms with Gasteiger partial charge in [-0.25, -0.2) is 5.10 Å². The van der Waals surface area contributed by atoms with Crippen molar-refractivity contribution in [2.45, 2.75) is 25.1 Å². The molecule has 1 aliphatic rings. The van der Waals surface area contributed by atoms with Crippen LogP contribution in [0.5, 0.6) is 0 Å². The van der Waals surface area contributed by atoms with Crippen LogP contribution in [0.25, 0.3) is 0 Å². The average molecular weight is 259 g/mol. The number of aromatic nitrogens is 2. The molecule has 0 unspecified atom stereocenters. The van der Waals surface area contributed by atoms with E-state index in [0.717, 1.165) is 19.0 Å². The Morgan fingerprint density at radius 3 is 2.31 bits per heavy atom. The summed E-state index contributed by atoms with van der Waals surface area (Å²) in [5.41, 5.74) is -1.65. The van der Waals surface area contributed by atoms with Crippen LogP contribution in [0, 0.1) is 0 Å². The van der Waals surface area contributed by atoms with Gasteiger partial charge in [-0.05, 0) is 12.8 Å². The van der Waals surface area contributed by atoms with Crippen molar-refractivity contribution in [3.63, 3.8) is 0 Å². The van der Waals surface area contributed by atoms with Crippen molar-refractivity contribution in [3.05, 3.63) is 17.5 Å². The molecule has 0 spiro atoms. The third-order valence-corrected chi connectivity index (χ3v) is 2.03. The summed E-state index contributed by atoms with van der Waals surface area (Å²) < 4.78 is 38.0. The molecule has 4 nitrogen and oxygen atoms in total. The summed E-state index contributed by atoms with van der Waals surface area (Å²) in [6.45, 7) is 0. The van der Waals surface area contributed by atoms with E-state index in [-0.39, 0.29) is 62.9 Å². The predicted molar refractivity (Wildman–Crippen MR) is 42.2 cm³/mol. The van der Waals surface area contributed by atoms with Gasteiger partial charge in [0.1, 0.15) is 0 Å². The van der Waals surface area contributed by atoms with Crippen LogP contribution in [0.15, 0.2) is 6.20 Å². The fourth-order valence-electron chi connectivity index (χ4n) is 1.20. The van der Waals surface area contributed by atoms with Crippen LogP contribution in [0.2, 0.25) is 0 Å². The molecule has 16 heavy (non-hydrogen) atoms. The molecule has 1 fully saturated rings. The summed E-state index contributed by atoms with van der Waals surface area (Å²) in [5.74, 6) is 0. The van der Waals surface area contributed by atoms with Crippen molar-refractivity contribution in [1.29, 1.82) is 0 Å². The Labute approximate surface area is 132 Å². The predicted octanol–water partition coefficient (Wildman–Crippen LogP) is -1.48. The van der Waals surface area contributed by atoms with Gasteiger partial charge in [0.25, 0.3) is 0 Å². The van der Waals surface area contributed by atoms with Crippen LogP contribution >= 0.6 is 0 Å². The molecule has 1 heterocycles. The second-order valence-corrected chi connectivity index (χ2v) is 3.20. The maximum atomic E-state index is 12.3. The number of carbonyl (C=O) groups excluding carboxylic acids is 1. The van der Waals surface area contributed by atoms with Gasteiger partial charge in [-0.3, -0.25) is 0 Å². The molecule has 2 rings (SSSR count). The van der Waals surface area contributed by atoms with Gasteiger partial charge in [0.2, 0.25) is 0 Å². The second kappa shape index (κ2) is 5.74. The van der Waals surface area contributed by atoms with E-state index in [1.54, 1.807) is 0 Å². The van der Waals surface area contributed by atoms with Crippen LogP contribution < -0.4 is 51.4 Å². The van der Waals surface area contributed by atoms with E-state index < -0.39 is 17.4 Å². The average Bonchev–Trinajstić information content (AvgIpc) is 2.83. The molecule has 0 radical (unpaired) electrons. The summed E-state index contributed by atoms with van der Waals surface area (Å²) in [4.78, 5) is 10.3. The number of nitrogens with zero attached hydrogens (tertiary/aromatic N) is 2. The van der Waals surface area contributed by atoms with Gasteiger partial charge in [0.05, 0.1) is 12.0 Å². The molecule has 1 saturated carbocycles. The first-order valence-electron chi connectivity index (χ1n) is 4.07. The molecule has 0 aliphatic heterocycles. The SMILES string of the molecule is O=[C-]c1cn(C2CC2)nc1C(F)(F)F.[K+].[OH-]. The molecule has 0 saturated heterocycles. The third kappa shape index (κ3) is 3.38. The zero-order valence-corrected chi connectivity index (χ0v) is 11.6. The van der Waals surface area contributed by atoms with Crippen LogP contribution in [-0.4, -0.2) is 21.5 Å². The van der Waals surface area contributed by atoms with E-state index in [9.17, 15) is 18.0 Å². The van der Waals surface area contributed by atoms with E-state index in [4.69, 9.17) is 0 Å². The maximum absolute atomic E-state index is 12.3. The van der Waals surface area contributed by atoms with Crippen molar-refractivity contribution in [1.82, 2.24) is 9.78 Å². The normalized spacial score (nSPS) is 14.9. The molecule has 1 aliphatic carbocycles. The fourth-order valence-corrected chi connectivity index (χ4v) is 1.20. The van der Waals surface area contributed by atoms with Crippen molar-refractivity contribution in [2.24, 2.45) is 0 Å². The van der Waals surface area contributed by atoms with Crippen LogP contribution in [0.3, 0.4) is 0 Å². The Bertz CT molecular complexity index is 374. The van der Waals surface area contributed by atoms with Gasteiger partial charge < -0.3 is 15.0 Å². The quantitative estimate of drug-likeness (QED) is 0.481. The van der Waals surface area contributed by atoms with Gasteiger partial charge in [-0.15, -0.1) is 5.56 Å². The van der Waals surface area contributed by atoms with Gasteiger partial charge in [0.15, 0.2) is 0 Å². The van der Waals surface area contributed by atoms with Crippen LogP contribution in [-0.2, 0) is 11.0 Å². The fraction of sp³-hybridized carbons (Fsp3) is 0.500. The maximum Gasteiger partial charge on any atom is 1.00 e. The summed E-state index contributed by atoms with van der Waals surface area (Å²) in [6.07, 6.45) is -0.587. The molecular formula is C8H7F3KN2O2-. The first-order chi connectivity index (χ1) is 6.52. The zero-order valence-electron chi connectivity index (χ0n) is 8.45. The minimum Gasteiger partial charge on any atom is -0.870 e. The van der Waals surface area contributed by atoms with Crippen LogP contribution in [0.4, 0.5) is 13.2 Å². The number of halogens is 3. The van der Waals surface area contributed by atoms with Crippen molar-refractivity contribution in [3.8, 4) is 0 Å². The molecule has 1 aromatic rings. The summed E-state index contributed by atoms with van der Waals surface area (Å²) in [5, 5.41) is 3.34. The van der Waals surface area contributed by atoms with Crippen molar-refractivity contribution >= 4 is 6.29 Å². The number of hydrogen-bond donors (Lipinski definition) is 0. The molecule has 0 aromatic carbocycles. The monoisotopic (exact) mass is 259 g/mol. The molecular weight excluding hydrogens is 252 g/mol. The molecule has 8 heteroatoms. The first-order valence-corrected chi connectivity index (χ1v) is 4.07. The summed E-state index contributed by atoms with van der Waals surface area (Å²) in [6, 6.07) is 0.0261. The van der Waals surface area contributed by atoms with Gasteiger partial charge >= 0.3 is 57.6 Å². The Morgan fingerprint density at radius 2 is 2.00 bits per heavy atom. The number of rotatable bonds is 2. The smallest absolute Gasteiger partial charge is 0.870 e. The third-order valence-electron chi connectivity index (χ3n) is 2.03.